The van der Waals surface area contributed by atoms with Gasteiger partial charge in [0, 0.05) is 0 Å². The molecule has 0 aliphatic carbocycles. The van der Waals surface area contributed by atoms with Crippen LogP contribution in [-0.2, 0) is 0 Å². The van der Waals surface area contributed by atoms with Crippen LogP contribution in [0.4, 0.5) is 0 Å². The summed E-state index contributed by atoms with van der Waals surface area (Å²) in [7, 11) is 0. The smallest absolute Gasteiger partial charge is 0.0158 e. The minimum atomic E-state index is 1.06. The van der Waals surface area contributed by atoms with Crippen LogP contribution in [0.3, 0.4) is 0 Å². The Labute approximate surface area is 92.6 Å². The van der Waals surface area contributed by atoms with Gasteiger partial charge in [-0.05, 0) is 23.1 Å². The van der Waals surface area contributed by atoms with Crippen molar-refractivity contribution in [2.24, 2.45) is 0 Å². The fourth-order valence-electron chi connectivity index (χ4n) is 1.67. The van der Waals surface area contributed by atoms with E-state index in [0.29, 0.717) is 0 Å². The first kappa shape index (κ1) is 11.5. The van der Waals surface area contributed by atoms with Crippen molar-refractivity contribution < 1.29 is 0 Å². The van der Waals surface area contributed by atoms with Gasteiger partial charge in [-0.3, -0.25) is 0 Å². The van der Waals surface area contributed by atoms with E-state index >= 15 is 0 Å². The van der Waals surface area contributed by atoms with Crippen molar-refractivity contribution in [3.8, 4) is 0 Å². The third-order valence-corrected chi connectivity index (χ3v) is 2.40. The van der Waals surface area contributed by atoms with E-state index < -0.39 is 0 Å². The second-order valence-corrected chi connectivity index (χ2v) is 3.46. The van der Waals surface area contributed by atoms with Crippen LogP contribution >= 0.6 is 0 Å². The van der Waals surface area contributed by atoms with Gasteiger partial charge in [0.15, 0.2) is 0 Å². The van der Waals surface area contributed by atoms with Crippen molar-refractivity contribution in [2.75, 3.05) is 0 Å². The lowest BCUT2D eigenvalue weighted by atomic mass is 9.97. The van der Waals surface area contributed by atoms with E-state index in [0.717, 1.165) is 12.8 Å². The summed E-state index contributed by atoms with van der Waals surface area (Å²) >= 11 is 0. The molecule has 0 heteroatoms. The Balaban J connectivity index is 3.16. The maximum atomic E-state index is 3.88. The molecule has 0 heterocycles. The second-order valence-electron chi connectivity index (χ2n) is 3.46. The average molecular weight is 198 g/mol. The van der Waals surface area contributed by atoms with Gasteiger partial charge in [-0.2, -0.15) is 0 Å². The zero-order chi connectivity index (χ0) is 11.1. The highest BCUT2D eigenvalue weighted by molar-refractivity contribution is 5.77. The summed E-state index contributed by atoms with van der Waals surface area (Å²) in [5.41, 5.74) is 3.70. The van der Waals surface area contributed by atoms with Crippen molar-refractivity contribution in [2.45, 2.75) is 19.8 Å². The summed E-state index contributed by atoms with van der Waals surface area (Å²) in [5, 5.41) is 0. The zero-order valence-corrected chi connectivity index (χ0v) is 9.37. The maximum absolute atomic E-state index is 3.88. The van der Waals surface area contributed by atoms with E-state index in [-0.39, 0.29) is 0 Å². The highest BCUT2D eigenvalue weighted by atomic mass is 14.1. The molecule has 78 valence electrons. The number of allylic oxidation sites excluding steroid dienone is 4. The molecule has 0 atom stereocenters. The minimum absolute atomic E-state index is 1.06. The van der Waals surface area contributed by atoms with Crippen LogP contribution in [0.5, 0.6) is 0 Å². The summed E-state index contributed by atoms with van der Waals surface area (Å²) in [6, 6.07) is 10.3. The van der Waals surface area contributed by atoms with E-state index in [1.807, 2.05) is 30.4 Å². The van der Waals surface area contributed by atoms with Crippen LogP contribution in [-0.4, -0.2) is 0 Å². The standard InChI is InChI=1S/C15H18/c1-4-10-13(5-2)15(6-3)14-11-8-7-9-12-14/h5-9,11-12H,2-4,10H2,1H3/b15-13-. The molecule has 0 saturated carbocycles. The molecule has 1 rings (SSSR count). The molecule has 0 fully saturated rings. The van der Waals surface area contributed by atoms with Crippen molar-refractivity contribution in [1.29, 1.82) is 0 Å². The predicted octanol–water partition coefficient (Wildman–Crippen LogP) is 4.61. The number of rotatable bonds is 5. The lowest BCUT2D eigenvalue weighted by Gasteiger charge is -2.08. The Morgan fingerprint density at radius 3 is 2.27 bits per heavy atom. The average Bonchev–Trinajstić information content (AvgIpc) is 2.30. The molecule has 0 aliphatic heterocycles. The molecule has 0 spiro atoms. The Morgan fingerprint density at radius 2 is 1.80 bits per heavy atom. The molecule has 0 nitrogen and oxygen atoms in total. The summed E-state index contributed by atoms with van der Waals surface area (Å²) in [5.74, 6) is 0. The molecule has 0 N–H and O–H groups in total. The van der Waals surface area contributed by atoms with Crippen molar-refractivity contribution in [1.82, 2.24) is 0 Å². The van der Waals surface area contributed by atoms with Gasteiger partial charge >= 0.3 is 0 Å². The predicted molar refractivity (Wildman–Crippen MR) is 68.7 cm³/mol. The zero-order valence-electron chi connectivity index (χ0n) is 9.37. The highest BCUT2D eigenvalue weighted by Gasteiger charge is 2.01. The van der Waals surface area contributed by atoms with Crippen LogP contribution in [0.15, 0.2) is 61.2 Å². The summed E-state index contributed by atoms with van der Waals surface area (Å²) in [6.07, 6.45) is 6.04. The van der Waals surface area contributed by atoms with E-state index in [4.69, 9.17) is 0 Å². The van der Waals surface area contributed by atoms with Crippen LogP contribution in [0.25, 0.3) is 5.57 Å². The van der Waals surface area contributed by atoms with Crippen LogP contribution in [0.2, 0.25) is 0 Å². The SMILES string of the molecule is C=C/C(CCC)=C(\C=C)c1ccccc1. The normalized spacial score (nSPS) is 11.8. The van der Waals surface area contributed by atoms with Gasteiger partial charge in [0.25, 0.3) is 0 Å². The molecule has 0 radical (unpaired) electrons. The first-order valence-electron chi connectivity index (χ1n) is 5.37. The van der Waals surface area contributed by atoms with Gasteiger partial charge in [0.05, 0.1) is 0 Å². The Hall–Kier alpha value is -1.56. The Kier molecular flexibility index (Phi) is 4.62. The fraction of sp³-hybridized carbons (Fsp3) is 0.200. The topological polar surface area (TPSA) is 0 Å². The third kappa shape index (κ3) is 2.95. The van der Waals surface area contributed by atoms with Gasteiger partial charge in [0.2, 0.25) is 0 Å². The largest absolute Gasteiger partial charge is 0.0988 e. The number of hydrogen-bond donors (Lipinski definition) is 0. The van der Waals surface area contributed by atoms with E-state index in [9.17, 15) is 0 Å². The molecule has 0 unspecified atom stereocenters. The van der Waals surface area contributed by atoms with E-state index in [1.54, 1.807) is 0 Å². The molecular weight excluding hydrogens is 180 g/mol. The van der Waals surface area contributed by atoms with Crippen LogP contribution in [0, 0.1) is 0 Å². The van der Waals surface area contributed by atoms with Gasteiger partial charge in [-0.15, -0.1) is 0 Å². The maximum Gasteiger partial charge on any atom is -0.0158 e. The summed E-state index contributed by atoms with van der Waals surface area (Å²) < 4.78 is 0. The molecule has 0 saturated heterocycles. The molecular formula is C15H18. The highest BCUT2D eigenvalue weighted by Crippen LogP contribution is 2.23. The Bertz CT molecular complexity index is 355. The first-order chi connectivity index (χ1) is 7.33. The molecule has 0 aromatic heterocycles. The van der Waals surface area contributed by atoms with Gasteiger partial charge in [-0.1, -0.05) is 69.0 Å². The first-order valence-corrected chi connectivity index (χ1v) is 5.37. The monoisotopic (exact) mass is 198 g/mol. The van der Waals surface area contributed by atoms with Crippen molar-refractivity contribution >= 4 is 5.57 Å². The fourth-order valence-corrected chi connectivity index (χ4v) is 1.67. The second kappa shape index (κ2) is 6.02. The minimum Gasteiger partial charge on any atom is -0.0988 e. The molecule has 1 aromatic rings. The molecule has 0 bridgehead atoms. The molecule has 1 aromatic carbocycles. The van der Waals surface area contributed by atoms with Crippen molar-refractivity contribution in [3.05, 3.63) is 66.8 Å². The van der Waals surface area contributed by atoms with Gasteiger partial charge in [0.1, 0.15) is 0 Å². The molecule has 15 heavy (non-hydrogen) atoms. The number of hydrogen-bond acceptors (Lipinski definition) is 0. The Morgan fingerprint density at radius 1 is 1.13 bits per heavy atom. The summed E-state index contributed by atoms with van der Waals surface area (Å²) in [4.78, 5) is 0. The summed E-state index contributed by atoms with van der Waals surface area (Å²) in [6.45, 7) is 9.93. The lowest BCUT2D eigenvalue weighted by Crippen LogP contribution is -1.87. The third-order valence-electron chi connectivity index (χ3n) is 2.40. The quantitative estimate of drug-likeness (QED) is 0.606. The molecule has 0 aliphatic rings. The lowest BCUT2D eigenvalue weighted by molar-refractivity contribution is 0.929. The van der Waals surface area contributed by atoms with Crippen LogP contribution in [0.1, 0.15) is 25.3 Å². The van der Waals surface area contributed by atoms with Gasteiger partial charge in [-0.25, -0.2) is 0 Å². The number of benzene rings is 1. The van der Waals surface area contributed by atoms with Gasteiger partial charge < -0.3 is 0 Å². The van der Waals surface area contributed by atoms with E-state index in [1.165, 1.54) is 16.7 Å². The van der Waals surface area contributed by atoms with Crippen molar-refractivity contribution in [3.63, 3.8) is 0 Å². The van der Waals surface area contributed by atoms with Crippen LogP contribution < -0.4 is 0 Å². The van der Waals surface area contributed by atoms with E-state index in [2.05, 4.69) is 32.2 Å². The molecule has 0 amide bonds.